The van der Waals surface area contributed by atoms with Crippen LogP contribution in [0.4, 0.5) is 13.2 Å². The third-order valence-corrected chi connectivity index (χ3v) is 5.95. The fourth-order valence-electron chi connectivity index (χ4n) is 4.02. The number of carbonyl (C=O) groups is 2. The first-order valence-corrected chi connectivity index (χ1v) is 11.7. The Balaban J connectivity index is 0.000000214. The van der Waals surface area contributed by atoms with Gasteiger partial charge < -0.3 is 15.2 Å². The van der Waals surface area contributed by atoms with E-state index in [1.54, 1.807) is 6.07 Å². The van der Waals surface area contributed by atoms with Crippen molar-refractivity contribution in [3.05, 3.63) is 87.2 Å². The normalized spacial score (nSPS) is 12.1. The van der Waals surface area contributed by atoms with Crippen LogP contribution in [0.2, 0.25) is 5.02 Å². The van der Waals surface area contributed by atoms with Gasteiger partial charge in [-0.25, -0.2) is 13.2 Å². The zero-order valence-corrected chi connectivity index (χ0v) is 20.5. The highest BCUT2D eigenvalue weighted by Gasteiger charge is 2.21. The molecule has 5 nitrogen and oxygen atoms in total. The molecule has 0 saturated carbocycles. The zero-order chi connectivity index (χ0) is 26.4. The molecule has 4 rings (SSSR count). The van der Waals surface area contributed by atoms with Crippen molar-refractivity contribution >= 4 is 23.5 Å². The van der Waals surface area contributed by atoms with E-state index in [1.165, 1.54) is 11.6 Å². The standard InChI is InChI=1S/C18H18ClFO.C9H7F2NO3/c1-3-12-9-13(20)10-16(19)17(12)14-7-6-11(2)18-15(14)5-4-8-21-18;10-5-2-1-3-6(11)8(5)9(15)12-4-7(13)14/h6-7,9-10H,3-5,8H2,1-2H3;1-3H,4H2,(H,12,15)(H,13,14). The molecule has 2 N–H and O–H groups in total. The summed E-state index contributed by atoms with van der Waals surface area (Å²) in [5.74, 6) is -3.75. The van der Waals surface area contributed by atoms with Crippen LogP contribution in [0.3, 0.4) is 0 Å². The first-order chi connectivity index (χ1) is 17.1. The van der Waals surface area contributed by atoms with Crippen LogP contribution in [0.25, 0.3) is 11.1 Å². The summed E-state index contributed by atoms with van der Waals surface area (Å²) in [6.45, 7) is 4.15. The predicted molar refractivity (Wildman–Crippen MR) is 131 cm³/mol. The van der Waals surface area contributed by atoms with Gasteiger partial charge in [0.2, 0.25) is 0 Å². The molecular weight excluding hydrogens is 495 g/mol. The first kappa shape index (κ1) is 27.1. The van der Waals surface area contributed by atoms with Crippen molar-refractivity contribution in [2.45, 2.75) is 33.1 Å². The molecule has 9 heteroatoms. The number of aliphatic carboxylic acids is 1. The Morgan fingerprint density at radius 3 is 2.44 bits per heavy atom. The summed E-state index contributed by atoms with van der Waals surface area (Å²) in [5, 5.41) is 10.6. The Morgan fingerprint density at radius 1 is 1.11 bits per heavy atom. The minimum atomic E-state index is -1.29. The molecule has 1 aliphatic heterocycles. The average molecular weight is 520 g/mol. The van der Waals surface area contributed by atoms with Crippen molar-refractivity contribution in [2.75, 3.05) is 13.2 Å². The molecule has 1 heterocycles. The van der Waals surface area contributed by atoms with Crippen molar-refractivity contribution in [2.24, 2.45) is 0 Å². The third kappa shape index (κ3) is 6.18. The predicted octanol–water partition coefficient (Wildman–Crippen LogP) is 6.12. The highest BCUT2D eigenvalue weighted by Crippen LogP contribution is 2.41. The van der Waals surface area contributed by atoms with Gasteiger partial charge in [-0.3, -0.25) is 9.59 Å². The number of carbonyl (C=O) groups excluding carboxylic acids is 1. The Kier molecular flexibility index (Phi) is 8.98. The van der Waals surface area contributed by atoms with E-state index in [4.69, 9.17) is 21.4 Å². The number of hydrogen-bond donors (Lipinski definition) is 2. The number of rotatable bonds is 5. The molecule has 0 aliphatic carbocycles. The number of halogens is 4. The lowest BCUT2D eigenvalue weighted by molar-refractivity contribution is -0.135. The van der Waals surface area contributed by atoms with E-state index in [0.29, 0.717) is 5.02 Å². The van der Waals surface area contributed by atoms with Gasteiger partial charge in [-0.15, -0.1) is 0 Å². The molecule has 36 heavy (non-hydrogen) atoms. The fraction of sp³-hybridized carbons (Fsp3) is 0.259. The van der Waals surface area contributed by atoms with Crippen LogP contribution >= 0.6 is 11.6 Å². The quantitative estimate of drug-likeness (QED) is 0.426. The largest absolute Gasteiger partial charge is 0.493 e. The second kappa shape index (κ2) is 11.9. The van der Waals surface area contributed by atoms with Gasteiger partial charge in [0.15, 0.2) is 0 Å². The van der Waals surface area contributed by atoms with E-state index >= 15 is 0 Å². The highest BCUT2D eigenvalue weighted by atomic mass is 35.5. The molecular formula is C27H25ClF3NO4. The Hall–Kier alpha value is -3.52. The number of fused-ring (bicyclic) bond motifs is 1. The molecule has 1 aliphatic rings. The molecule has 0 saturated heterocycles. The van der Waals surface area contributed by atoms with Crippen LogP contribution in [-0.2, 0) is 17.6 Å². The van der Waals surface area contributed by atoms with Crippen molar-refractivity contribution in [1.82, 2.24) is 5.32 Å². The van der Waals surface area contributed by atoms with Crippen molar-refractivity contribution < 1.29 is 32.6 Å². The Labute approximate surface area is 211 Å². The number of ether oxygens (including phenoxy) is 1. The summed E-state index contributed by atoms with van der Waals surface area (Å²) in [6, 6.07) is 10.1. The molecule has 0 bridgehead atoms. The van der Waals surface area contributed by atoms with Crippen molar-refractivity contribution in [3.63, 3.8) is 0 Å². The van der Waals surface area contributed by atoms with Crippen LogP contribution in [0.5, 0.6) is 5.75 Å². The molecule has 3 aromatic carbocycles. The summed E-state index contributed by atoms with van der Waals surface area (Å²) in [6.07, 6.45) is 2.73. The average Bonchev–Trinajstić information content (AvgIpc) is 2.83. The maximum absolute atomic E-state index is 13.6. The summed E-state index contributed by atoms with van der Waals surface area (Å²) in [7, 11) is 0. The van der Waals surface area contributed by atoms with Gasteiger partial charge in [0.1, 0.15) is 35.3 Å². The monoisotopic (exact) mass is 519 g/mol. The number of carboxylic acids is 1. The molecule has 1 amide bonds. The molecule has 0 spiro atoms. The maximum Gasteiger partial charge on any atom is 0.322 e. The highest BCUT2D eigenvalue weighted by molar-refractivity contribution is 6.33. The van der Waals surface area contributed by atoms with E-state index in [1.807, 2.05) is 12.2 Å². The Morgan fingerprint density at radius 2 is 1.81 bits per heavy atom. The summed E-state index contributed by atoms with van der Waals surface area (Å²) >= 11 is 6.35. The molecule has 0 fully saturated rings. The van der Waals surface area contributed by atoms with Crippen LogP contribution in [0.1, 0.15) is 40.4 Å². The third-order valence-electron chi connectivity index (χ3n) is 5.65. The van der Waals surface area contributed by atoms with Crippen molar-refractivity contribution in [3.8, 4) is 16.9 Å². The molecule has 190 valence electrons. The molecule has 0 radical (unpaired) electrons. The Bertz CT molecular complexity index is 1280. The lowest BCUT2D eigenvalue weighted by Crippen LogP contribution is -2.30. The van der Waals surface area contributed by atoms with Gasteiger partial charge in [0, 0.05) is 11.1 Å². The molecule has 0 unspecified atom stereocenters. The van der Waals surface area contributed by atoms with Gasteiger partial charge in [0.25, 0.3) is 5.91 Å². The van der Waals surface area contributed by atoms with E-state index in [-0.39, 0.29) is 5.82 Å². The van der Waals surface area contributed by atoms with Gasteiger partial charge in [0.05, 0.1) is 11.6 Å². The van der Waals surface area contributed by atoms with Crippen molar-refractivity contribution in [1.29, 1.82) is 0 Å². The number of hydrogen-bond acceptors (Lipinski definition) is 3. The zero-order valence-electron chi connectivity index (χ0n) is 19.8. The first-order valence-electron chi connectivity index (χ1n) is 11.3. The second-order valence-electron chi connectivity index (χ2n) is 8.14. The summed E-state index contributed by atoms with van der Waals surface area (Å²) in [4.78, 5) is 21.2. The van der Waals surface area contributed by atoms with Crippen LogP contribution in [-0.4, -0.2) is 30.1 Å². The second-order valence-corrected chi connectivity index (χ2v) is 8.55. The maximum atomic E-state index is 13.6. The summed E-state index contributed by atoms with van der Waals surface area (Å²) < 4.78 is 45.4. The fourth-order valence-corrected chi connectivity index (χ4v) is 4.35. The van der Waals surface area contributed by atoms with Crippen LogP contribution < -0.4 is 10.1 Å². The van der Waals surface area contributed by atoms with Gasteiger partial charge in [-0.1, -0.05) is 36.7 Å². The van der Waals surface area contributed by atoms with E-state index < -0.39 is 35.6 Å². The molecule has 3 aromatic rings. The molecule has 0 atom stereocenters. The van der Waals surface area contributed by atoms with Gasteiger partial charge >= 0.3 is 5.97 Å². The van der Waals surface area contributed by atoms with Gasteiger partial charge in [-0.05, 0) is 67.1 Å². The molecule has 0 aromatic heterocycles. The van der Waals surface area contributed by atoms with E-state index in [0.717, 1.165) is 72.1 Å². The lowest BCUT2D eigenvalue weighted by atomic mass is 9.89. The van der Waals surface area contributed by atoms with Crippen LogP contribution in [0, 0.1) is 24.4 Å². The minimum Gasteiger partial charge on any atom is -0.493 e. The van der Waals surface area contributed by atoms with E-state index in [2.05, 4.69) is 19.1 Å². The summed E-state index contributed by atoms with van der Waals surface area (Å²) in [5.41, 5.74) is 4.53. The lowest BCUT2D eigenvalue weighted by Gasteiger charge is -2.24. The topological polar surface area (TPSA) is 75.6 Å². The number of carboxylic acid groups (broad SMARTS) is 1. The van der Waals surface area contributed by atoms with E-state index in [9.17, 15) is 22.8 Å². The number of benzene rings is 3. The number of amides is 1. The van der Waals surface area contributed by atoms with Crippen LogP contribution in [0.15, 0.2) is 42.5 Å². The minimum absolute atomic E-state index is 0.280. The number of aryl methyl sites for hydroxylation is 2. The smallest absolute Gasteiger partial charge is 0.322 e. The SMILES string of the molecule is CCc1cc(F)cc(Cl)c1-c1ccc(C)c2c1CCCO2.O=C(O)CNC(=O)c1c(F)cccc1F. The van der Waals surface area contributed by atoms with Gasteiger partial charge in [-0.2, -0.15) is 0 Å². The number of nitrogens with one attached hydrogen (secondary N) is 1.